The Hall–Kier alpha value is -2.14. The molecule has 2 rings (SSSR count). The number of hydrogen-bond donors (Lipinski definition) is 2. The van der Waals surface area contributed by atoms with Crippen LogP contribution in [0.25, 0.3) is 5.69 Å². The number of carbonyl (C=O) groups is 1. The SMILES string of the molecule is CCC(CC)C(O)CNC(=O)c1ccc(-n2cccn2)cc1. The first-order valence-corrected chi connectivity index (χ1v) is 7.72. The van der Waals surface area contributed by atoms with E-state index in [1.807, 2.05) is 38.2 Å². The number of amides is 1. The Bertz CT molecular complexity index is 574. The van der Waals surface area contributed by atoms with E-state index < -0.39 is 6.10 Å². The van der Waals surface area contributed by atoms with E-state index in [0.29, 0.717) is 5.56 Å². The Labute approximate surface area is 131 Å². The van der Waals surface area contributed by atoms with Crippen LogP contribution < -0.4 is 5.32 Å². The first-order chi connectivity index (χ1) is 10.7. The molecule has 1 aromatic carbocycles. The Balaban J connectivity index is 1.93. The van der Waals surface area contributed by atoms with Crippen molar-refractivity contribution >= 4 is 5.91 Å². The van der Waals surface area contributed by atoms with Crippen molar-refractivity contribution in [2.75, 3.05) is 6.54 Å². The zero-order chi connectivity index (χ0) is 15.9. The molecule has 0 saturated heterocycles. The third kappa shape index (κ3) is 3.95. The molecule has 5 heteroatoms. The number of aromatic nitrogens is 2. The van der Waals surface area contributed by atoms with E-state index in [2.05, 4.69) is 10.4 Å². The lowest BCUT2D eigenvalue weighted by molar-refractivity contribution is 0.0816. The molecule has 0 radical (unpaired) electrons. The van der Waals surface area contributed by atoms with Crippen LogP contribution in [-0.4, -0.2) is 33.4 Å². The van der Waals surface area contributed by atoms with Crippen LogP contribution in [0.15, 0.2) is 42.7 Å². The lowest BCUT2D eigenvalue weighted by Crippen LogP contribution is -2.36. The van der Waals surface area contributed by atoms with Crippen molar-refractivity contribution in [2.24, 2.45) is 5.92 Å². The summed E-state index contributed by atoms with van der Waals surface area (Å²) in [6, 6.07) is 9.06. The van der Waals surface area contributed by atoms with E-state index >= 15 is 0 Å². The fraction of sp³-hybridized carbons (Fsp3) is 0.412. The van der Waals surface area contributed by atoms with Crippen molar-refractivity contribution in [3.63, 3.8) is 0 Å². The number of aliphatic hydroxyl groups is 1. The van der Waals surface area contributed by atoms with E-state index in [1.54, 1.807) is 23.0 Å². The molecule has 0 bridgehead atoms. The van der Waals surface area contributed by atoms with Crippen LogP contribution in [0, 0.1) is 5.92 Å². The van der Waals surface area contributed by atoms with E-state index in [-0.39, 0.29) is 18.4 Å². The van der Waals surface area contributed by atoms with Gasteiger partial charge >= 0.3 is 0 Å². The smallest absolute Gasteiger partial charge is 0.251 e. The molecule has 2 aromatic rings. The monoisotopic (exact) mass is 301 g/mol. The normalized spacial score (nSPS) is 12.4. The second-order valence-electron chi connectivity index (χ2n) is 5.35. The summed E-state index contributed by atoms with van der Waals surface area (Å²) in [4.78, 5) is 12.1. The Morgan fingerprint density at radius 2 is 1.95 bits per heavy atom. The number of nitrogens with zero attached hydrogens (tertiary/aromatic N) is 2. The minimum Gasteiger partial charge on any atom is -0.391 e. The van der Waals surface area contributed by atoms with Gasteiger partial charge in [-0.05, 0) is 36.2 Å². The summed E-state index contributed by atoms with van der Waals surface area (Å²) in [5.74, 6) is 0.0551. The number of hydrogen-bond acceptors (Lipinski definition) is 3. The molecule has 0 aliphatic carbocycles. The lowest BCUT2D eigenvalue weighted by Gasteiger charge is -2.20. The van der Waals surface area contributed by atoms with Gasteiger partial charge in [-0.3, -0.25) is 4.79 Å². The van der Waals surface area contributed by atoms with Gasteiger partial charge in [-0.2, -0.15) is 5.10 Å². The highest BCUT2D eigenvalue weighted by Crippen LogP contribution is 2.13. The van der Waals surface area contributed by atoms with Crippen LogP contribution in [-0.2, 0) is 0 Å². The zero-order valence-corrected chi connectivity index (χ0v) is 13.1. The highest BCUT2D eigenvalue weighted by molar-refractivity contribution is 5.94. The fourth-order valence-electron chi connectivity index (χ4n) is 2.49. The van der Waals surface area contributed by atoms with Gasteiger partial charge in [-0.25, -0.2) is 4.68 Å². The second-order valence-corrected chi connectivity index (χ2v) is 5.35. The molecular weight excluding hydrogens is 278 g/mol. The molecule has 118 valence electrons. The fourth-order valence-corrected chi connectivity index (χ4v) is 2.49. The summed E-state index contributed by atoms with van der Waals surface area (Å²) >= 11 is 0. The van der Waals surface area contributed by atoms with E-state index in [9.17, 15) is 9.90 Å². The number of nitrogens with one attached hydrogen (secondary N) is 1. The van der Waals surface area contributed by atoms with Crippen LogP contribution >= 0.6 is 0 Å². The summed E-state index contributed by atoms with van der Waals surface area (Å²) in [5, 5.41) is 17.0. The van der Waals surface area contributed by atoms with Crippen LogP contribution in [0.3, 0.4) is 0 Å². The number of benzene rings is 1. The van der Waals surface area contributed by atoms with Crippen molar-refractivity contribution in [3.05, 3.63) is 48.3 Å². The quantitative estimate of drug-likeness (QED) is 0.825. The van der Waals surface area contributed by atoms with Crippen LogP contribution in [0.4, 0.5) is 0 Å². The zero-order valence-electron chi connectivity index (χ0n) is 13.1. The molecule has 5 nitrogen and oxygen atoms in total. The first-order valence-electron chi connectivity index (χ1n) is 7.72. The molecule has 1 atom stereocenters. The third-order valence-corrected chi connectivity index (χ3v) is 3.96. The maximum absolute atomic E-state index is 12.1. The van der Waals surface area contributed by atoms with Gasteiger partial charge in [0.05, 0.1) is 11.8 Å². The van der Waals surface area contributed by atoms with E-state index in [0.717, 1.165) is 18.5 Å². The third-order valence-electron chi connectivity index (χ3n) is 3.96. The van der Waals surface area contributed by atoms with Crippen LogP contribution in [0.1, 0.15) is 37.0 Å². The number of aliphatic hydroxyl groups excluding tert-OH is 1. The van der Waals surface area contributed by atoms with E-state index in [1.165, 1.54) is 0 Å². The van der Waals surface area contributed by atoms with Gasteiger partial charge in [0.1, 0.15) is 0 Å². The molecule has 2 N–H and O–H groups in total. The average molecular weight is 301 g/mol. The highest BCUT2D eigenvalue weighted by Gasteiger charge is 2.16. The average Bonchev–Trinajstić information content (AvgIpc) is 3.08. The lowest BCUT2D eigenvalue weighted by atomic mass is 9.96. The molecule has 1 heterocycles. The molecule has 0 fully saturated rings. The van der Waals surface area contributed by atoms with Gasteiger partial charge in [0.2, 0.25) is 0 Å². The largest absolute Gasteiger partial charge is 0.391 e. The van der Waals surface area contributed by atoms with Gasteiger partial charge in [0.25, 0.3) is 5.91 Å². The van der Waals surface area contributed by atoms with Gasteiger partial charge < -0.3 is 10.4 Å². The Morgan fingerprint density at radius 1 is 1.27 bits per heavy atom. The van der Waals surface area contributed by atoms with Crippen LogP contribution in [0.2, 0.25) is 0 Å². The predicted molar refractivity (Wildman–Crippen MR) is 86.0 cm³/mol. The molecule has 1 amide bonds. The maximum Gasteiger partial charge on any atom is 0.251 e. The van der Waals surface area contributed by atoms with Crippen molar-refractivity contribution in [1.29, 1.82) is 0 Å². The first kappa shape index (κ1) is 16.2. The Morgan fingerprint density at radius 3 is 2.50 bits per heavy atom. The van der Waals surface area contributed by atoms with Gasteiger partial charge in [0, 0.05) is 24.5 Å². The minimum absolute atomic E-state index is 0.169. The topological polar surface area (TPSA) is 67.2 Å². The molecular formula is C17H23N3O2. The summed E-state index contributed by atoms with van der Waals surface area (Å²) in [6.07, 6.45) is 4.88. The number of rotatable bonds is 7. The molecule has 0 aliphatic rings. The van der Waals surface area contributed by atoms with Gasteiger partial charge in [-0.15, -0.1) is 0 Å². The molecule has 1 aromatic heterocycles. The summed E-state index contributed by atoms with van der Waals surface area (Å²) in [7, 11) is 0. The minimum atomic E-state index is -0.498. The van der Waals surface area contributed by atoms with E-state index in [4.69, 9.17) is 0 Å². The number of carbonyl (C=O) groups excluding carboxylic acids is 1. The van der Waals surface area contributed by atoms with Crippen molar-refractivity contribution in [3.8, 4) is 5.69 Å². The van der Waals surface area contributed by atoms with Crippen molar-refractivity contribution < 1.29 is 9.90 Å². The second kappa shape index (κ2) is 7.75. The summed E-state index contributed by atoms with van der Waals surface area (Å²) in [5.41, 5.74) is 1.48. The standard InChI is InChI=1S/C17H23N3O2/c1-3-13(4-2)16(21)12-18-17(22)14-6-8-15(9-7-14)20-11-5-10-19-20/h5-11,13,16,21H,3-4,12H2,1-2H3,(H,18,22). The highest BCUT2D eigenvalue weighted by atomic mass is 16.3. The summed E-state index contributed by atoms with van der Waals surface area (Å²) < 4.78 is 1.73. The molecule has 1 unspecified atom stereocenters. The van der Waals surface area contributed by atoms with Crippen LogP contribution in [0.5, 0.6) is 0 Å². The molecule has 0 saturated carbocycles. The Kier molecular flexibility index (Phi) is 5.72. The van der Waals surface area contributed by atoms with Crippen molar-refractivity contribution in [2.45, 2.75) is 32.8 Å². The van der Waals surface area contributed by atoms with Gasteiger partial charge in [-0.1, -0.05) is 26.7 Å². The molecule has 22 heavy (non-hydrogen) atoms. The summed E-state index contributed by atoms with van der Waals surface area (Å²) in [6.45, 7) is 4.38. The maximum atomic E-state index is 12.1. The van der Waals surface area contributed by atoms with Crippen molar-refractivity contribution in [1.82, 2.24) is 15.1 Å². The molecule has 0 aliphatic heterocycles. The van der Waals surface area contributed by atoms with Gasteiger partial charge in [0.15, 0.2) is 0 Å². The predicted octanol–water partition coefficient (Wildman–Crippen LogP) is 2.40. The molecule has 0 spiro atoms.